The fourth-order valence-electron chi connectivity index (χ4n) is 4.28. The highest BCUT2D eigenvalue weighted by atomic mass is 79.9. The molecular formula is C30H58Br2N2O4. The summed E-state index contributed by atoms with van der Waals surface area (Å²) in [5, 5.41) is 0. The zero-order valence-corrected chi connectivity index (χ0v) is 28.2. The van der Waals surface area contributed by atoms with Crippen molar-refractivity contribution in [2.24, 2.45) is 0 Å². The van der Waals surface area contributed by atoms with Crippen LogP contribution in [-0.2, 0) is 19.1 Å². The quantitative estimate of drug-likeness (QED) is 0.0598. The number of rotatable bonds is 25. The summed E-state index contributed by atoms with van der Waals surface area (Å²) in [6.45, 7) is 12.8. The van der Waals surface area contributed by atoms with E-state index in [0.29, 0.717) is 13.2 Å². The van der Waals surface area contributed by atoms with E-state index in [2.05, 4.69) is 41.3 Å². The lowest BCUT2D eigenvalue weighted by atomic mass is 10.1. The maximum absolute atomic E-state index is 11.0. The predicted molar refractivity (Wildman–Crippen MR) is 151 cm³/mol. The summed E-state index contributed by atoms with van der Waals surface area (Å²) >= 11 is 0. The molecule has 0 saturated heterocycles. The third kappa shape index (κ3) is 28.3. The Morgan fingerprint density at radius 1 is 0.500 bits per heavy atom. The standard InChI is InChI=1S/C30H58N2O4.2BrH/c1-7-29(33)35-27-21-17-13-9-11-15-19-23-31(3,4)25-26-32(5,6)24-20-16-12-10-14-18-22-28-36-30(34)8-2;;/h7-8H,1-2,9-28H2,3-6H3;2*1H/q+2;;/p-2. The van der Waals surface area contributed by atoms with Crippen LogP contribution in [0, 0.1) is 0 Å². The van der Waals surface area contributed by atoms with Gasteiger partial charge in [-0.2, -0.15) is 0 Å². The molecule has 8 heteroatoms. The maximum Gasteiger partial charge on any atom is 0.330 e. The van der Waals surface area contributed by atoms with E-state index in [-0.39, 0.29) is 45.9 Å². The monoisotopic (exact) mass is 668 g/mol. The van der Waals surface area contributed by atoms with E-state index < -0.39 is 0 Å². The van der Waals surface area contributed by atoms with Crippen LogP contribution >= 0.6 is 0 Å². The molecule has 0 unspecified atom stereocenters. The van der Waals surface area contributed by atoms with Gasteiger partial charge in [-0.05, 0) is 38.5 Å². The summed E-state index contributed by atoms with van der Waals surface area (Å²) in [5.74, 6) is -0.633. The van der Waals surface area contributed by atoms with Crippen molar-refractivity contribution in [2.45, 2.75) is 89.9 Å². The van der Waals surface area contributed by atoms with E-state index >= 15 is 0 Å². The first kappa shape index (κ1) is 41.8. The summed E-state index contributed by atoms with van der Waals surface area (Å²) in [6.07, 6.45) is 19.4. The summed E-state index contributed by atoms with van der Waals surface area (Å²) < 4.78 is 12.2. The Balaban J connectivity index is -0.00000612. The highest BCUT2D eigenvalue weighted by Crippen LogP contribution is 2.12. The minimum Gasteiger partial charge on any atom is -1.00 e. The Morgan fingerprint density at radius 3 is 1.05 bits per heavy atom. The molecule has 38 heavy (non-hydrogen) atoms. The van der Waals surface area contributed by atoms with Crippen molar-refractivity contribution in [1.29, 1.82) is 0 Å². The summed E-state index contributed by atoms with van der Waals surface area (Å²) in [5.41, 5.74) is 0. The number of unbranched alkanes of at least 4 members (excludes halogenated alkanes) is 12. The Bertz CT molecular complexity index is 561. The first-order chi connectivity index (χ1) is 17.1. The SMILES string of the molecule is C=CC(=O)OCCCCCCCCC[N+](C)(C)CC[N+](C)(C)CCCCCCCCCOC(=O)C=C.[Br-].[Br-]. The number of halogens is 2. The van der Waals surface area contributed by atoms with Gasteiger partial charge in [0.1, 0.15) is 13.1 Å². The predicted octanol–water partition coefficient (Wildman–Crippen LogP) is 0.0670. The van der Waals surface area contributed by atoms with E-state index in [0.717, 1.165) is 34.6 Å². The highest BCUT2D eigenvalue weighted by Gasteiger charge is 2.22. The maximum atomic E-state index is 11.0. The number of esters is 2. The van der Waals surface area contributed by atoms with Gasteiger partial charge in [0, 0.05) is 12.2 Å². The molecule has 0 spiro atoms. The van der Waals surface area contributed by atoms with Crippen molar-refractivity contribution in [3.8, 4) is 0 Å². The normalized spacial score (nSPS) is 11.2. The second-order valence-electron chi connectivity index (χ2n) is 11.5. The second-order valence-corrected chi connectivity index (χ2v) is 11.5. The zero-order chi connectivity index (χ0) is 27.1. The molecule has 0 aliphatic carbocycles. The van der Waals surface area contributed by atoms with Crippen LogP contribution in [0.25, 0.3) is 0 Å². The summed E-state index contributed by atoms with van der Waals surface area (Å²) in [4.78, 5) is 22.0. The highest BCUT2D eigenvalue weighted by molar-refractivity contribution is 5.81. The minimum atomic E-state index is -0.316. The molecule has 0 aromatic rings. The average molecular weight is 671 g/mol. The number of quaternary nitrogens is 2. The van der Waals surface area contributed by atoms with Gasteiger partial charge in [-0.3, -0.25) is 0 Å². The third-order valence-corrected chi connectivity index (χ3v) is 6.95. The second kappa shape index (κ2) is 26.5. The van der Waals surface area contributed by atoms with Crippen molar-refractivity contribution >= 4 is 11.9 Å². The molecule has 0 N–H and O–H groups in total. The van der Waals surface area contributed by atoms with E-state index in [1.807, 2.05) is 0 Å². The van der Waals surface area contributed by atoms with Crippen LogP contribution in [0.4, 0.5) is 0 Å². The third-order valence-electron chi connectivity index (χ3n) is 6.95. The smallest absolute Gasteiger partial charge is 0.330 e. The molecule has 0 atom stereocenters. The molecule has 0 radical (unpaired) electrons. The molecule has 0 aromatic heterocycles. The molecule has 0 amide bonds. The first-order valence-corrected chi connectivity index (χ1v) is 14.3. The lowest BCUT2D eigenvalue weighted by Crippen LogP contribution is -3.00. The van der Waals surface area contributed by atoms with Gasteiger partial charge >= 0.3 is 11.9 Å². The largest absolute Gasteiger partial charge is 1.00 e. The molecule has 0 aliphatic heterocycles. The van der Waals surface area contributed by atoms with Crippen LogP contribution in [-0.4, -0.2) is 88.5 Å². The Morgan fingerprint density at radius 2 is 0.763 bits per heavy atom. The number of carbonyl (C=O) groups is 2. The van der Waals surface area contributed by atoms with Crippen molar-refractivity contribution in [1.82, 2.24) is 0 Å². The fourth-order valence-corrected chi connectivity index (χ4v) is 4.28. The lowest BCUT2D eigenvalue weighted by Gasteiger charge is -2.36. The zero-order valence-electron chi connectivity index (χ0n) is 25.0. The number of ether oxygens (including phenoxy) is 2. The van der Waals surface area contributed by atoms with Crippen molar-refractivity contribution in [3.05, 3.63) is 25.3 Å². The van der Waals surface area contributed by atoms with Crippen LogP contribution in [0.3, 0.4) is 0 Å². The first-order valence-electron chi connectivity index (χ1n) is 14.3. The van der Waals surface area contributed by atoms with E-state index in [9.17, 15) is 9.59 Å². The van der Waals surface area contributed by atoms with Crippen LogP contribution in [0.2, 0.25) is 0 Å². The van der Waals surface area contributed by atoms with Crippen LogP contribution in [0.1, 0.15) is 89.9 Å². The van der Waals surface area contributed by atoms with Gasteiger partial charge in [0.15, 0.2) is 0 Å². The van der Waals surface area contributed by atoms with Gasteiger partial charge in [-0.25, -0.2) is 9.59 Å². The number of hydrogen-bond donors (Lipinski definition) is 0. The molecule has 0 aliphatic rings. The molecule has 0 bridgehead atoms. The van der Waals surface area contributed by atoms with E-state index in [1.54, 1.807) is 0 Å². The molecule has 226 valence electrons. The van der Waals surface area contributed by atoms with Crippen molar-refractivity contribution in [3.63, 3.8) is 0 Å². The fraction of sp³-hybridized carbons (Fsp3) is 0.800. The summed E-state index contributed by atoms with van der Waals surface area (Å²) in [7, 11) is 9.51. The molecule has 6 nitrogen and oxygen atoms in total. The van der Waals surface area contributed by atoms with Crippen molar-refractivity contribution < 1.29 is 62.0 Å². The lowest BCUT2D eigenvalue weighted by molar-refractivity contribution is -0.946. The van der Waals surface area contributed by atoms with Gasteiger partial charge < -0.3 is 52.4 Å². The van der Waals surface area contributed by atoms with E-state index in [1.165, 1.54) is 103 Å². The molecule has 0 fully saturated rings. The Labute approximate surface area is 255 Å². The molecule has 0 rings (SSSR count). The van der Waals surface area contributed by atoms with E-state index in [4.69, 9.17) is 9.47 Å². The topological polar surface area (TPSA) is 52.6 Å². The van der Waals surface area contributed by atoms with Gasteiger partial charge in [0.05, 0.1) is 54.5 Å². The molecular weight excluding hydrogens is 612 g/mol. The Kier molecular flexibility index (Phi) is 29.2. The number of carbonyl (C=O) groups excluding carboxylic acids is 2. The van der Waals surface area contributed by atoms with Gasteiger partial charge in [0.25, 0.3) is 0 Å². The number of likely N-dealkylation sites (N-methyl/N-ethyl adjacent to an activating group) is 2. The number of nitrogens with zero attached hydrogens (tertiary/aromatic N) is 2. The van der Waals surface area contributed by atoms with Gasteiger partial charge in [-0.1, -0.05) is 64.5 Å². The number of hydrogen-bond acceptors (Lipinski definition) is 4. The average Bonchev–Trinajstić information content (AvgIpc) is 2.84. The molecule has 0 heterocycles. The van der Waals surface area contributed by atoms with Crippen molar-refractivity contribution in [2.75, 3.05) is 67.6 Å². The van der Waals surface area contributed by atoms with Crippen LogP contribution in [0.15, 0.2) is 25.3 Å². The van der Waals surface area contributed by atoms with Gasteiger partial charge in [-0.15, -0.1) is 0 Å². The van der Waals surface area contributed by atoms with Crippen LogP contribution in [0.5, 0.6) is 0 Å². The minimum absolute atomic E-state index is 0. The Hall–Kier alpha value is -0.700. The van der Waals surface area contributed by atoms with Crippen LogP contribution < -0.4 is 34.0 Å². The molecule has 0 aromatic carbocycles. The molecule has 0 saturated carbocycles. The van der Waals surface area contributed by atoms with Gasteiger partial charge in [0.2, 0.25) is 0 Å². The summed E-state index contributed by atoms with van der Waals surface area (Å²) in [6, 6.07) is 0.